The number of ether oxygens (including phenoxy) is 2. The molecule has 1 amide bonds. The third kappa shape index (κ3) is 6.29. The number of halogens is 1. The second-order valence-electron chi connectivity index (χ2n) is 12.6. The van der Waals surface area contributed by atoms with E-state index in [0.29, 0.717) is 36.7 Å². The van der Waals surface area contributed by atoms with Gasteiger partial charge in [0.15, 0.2) is 0 Å². The molecule has 8 nitrogen and oxygen atoms in total. The van der Waals surface area contributed by atoms with Crippen molar-refractivity contribution < 1.29 is 28.6 Å². The lowest BCUT2D eigenvalue weighted by molar-refractivity contribution is -0.311. The molecular formula is C35H39FN3O5-. The lowest BCUT2D eigenvalue weighted by atomic mass is 9.82. The van der Waals surface area contributed by atoms with Gasteiger partial charge >= 0.3 is 0 Å². The first kappa shape index (κ1) is 30.1. The van der Waals surface area contributed by atoms with Crippen LogP contribution in [0.2, 0.25) is 0 Å². The number of nitrogens with two attached hydrogens (primary N) is 1. The lowest BCUT2D eigenvalue weighted by Gasteiger charge is -2.32. The highest BCUT2D eigenvalue weighted by Gasteiger charge is 2.37. The maximum Gasteiger partial charge on any atom is 0.220 e. The Kier molecular flexibility index (Phi) is 8.58. The first-order valence-electron chi connectivity index (χ1n) is 15.6. The van der Waals surface area contributed by atoms with Crippen molar-refractivity contribution in [3.05, 3.63) is 76.7 Å². The Hall–Kier alpha value is -3.98. The highest BCUT2D eigenvalue weighted by molar-refractivity contribution is 5.76. The van der Waals surface area contributed by atoms with Crippen molar-refractivity contribution in [3.8, 4) is 22.8 Å². The first-order chi connectivity index (χ1) is 21.2. The number of methoxy groups -OCH3 is 1. The van der Waals surface area contributed by atoms with E-state index >= 15 is 4.39 Å². The van der Waals surface area contributed by atoms with Gasteiger partial charge in [-0.05, 0) is 97.3 Å². The van der Waals surface area contributed by atoms with E-state index in [2.05, 4.69) is 28.1 Å². The van der Waals surface area contributed by atoms with Crippen LogP contribution >= 0.6 is 0 Å². The number of pyridine rings is 1. The van der Waals surface area contributed by atoms with Crippen molar-refractivity contribution in [1.82, 2.24) is 9.88 Å². The molecule has 2 N–H and O–H groups in total. The van der Waals surface area contributed by atoms with Crippen LogP contribution in [-0.4, -0.2) is 42.0 Å². The molecule has 3 aromatic rings. The molecule has 2 aliphatic heterocycles. The van der Waals surface area contributed by atoms with Crippen molar-refractivity contribution in [2.75, 3.05) is 20.2 Å². The molecule has 2 fully saturated rings. The molecule has 232 valence electrons. The number of carboxylic acid groups (broad SMARTS) is 1. The number of piperidine rings is 1. The standard InChI is InChI=1S/C35H40FN3O5/c1-20(35(41)42)33(22-4-5-22)25-6-3-21-8-10-30(44-31(21)16-25)24-7-9-27(28-17-32(43-2)38-18-29(28)36)26(15-24)19-39-13-11-23(12-14-39)34(37)40/h3,6-7,9,15-18,20,22-23,30,33H,4-5,8,10-14,19H2,1-2H3,(H2,37,40)(H,41,42)/p-1/t20-,30?,33-/m0/s1. The molecule has 3 atom stereocenters. The number of hydrogen-bond acceptors (Lipinski definition) is 7. The van der Waals surface area contributed by atoms with Crippen LogP contribution in [0.15, 0.2) is 48.7 Å². The van der Waals surface area contributed by atoms with E-state index in [0.717, 1.165) is 72.3 Å². The zero-order valence-corrected chi connectivity index (χ0v) is 25.3. The van der Waals surface area contributed by atoms with Crippen LogP contribution in [0.4, 0.5) is 4.39 Å². The van der Waals surface area contributed by atoms with Crippen LogP contribution in [-0.2, 0) is 22.6 Å². The molecular weight excluding hydrogens is 561 g/mol. The summed E-state index contributed by atoms with van der Waals surface area (Å²) in [5.74, 6) is -1.01. The Balaban J connectivity index is 1.30. The Labute approximate surface area is 257 Å². The third-order valence-electron chi connectivity index (χ3n) is 9.68. The highest BCUT2D eigenvalue weighted by atomic mass is 19.1. The van der Waals surface area contributed by atoms with E-state index in [9.17, 15) is 14.7 Å². The fourth-order valence-electron chi connectivity index (χ4n) is 6.96. The molecule has 1 saturated heterocycles. The Morgan fingerprint density at radius 1 is 1.09 bits per heavy atom. The average Bonchev–Trinajstić information content (AvgIpc) is 3.86. The molecule has 44 heavy (non-hydrogen) atoms. The second-order valence-corrected chi connectivity index (χ2v) is 12.6. The molecule has 6 rings (SSSR count). The zero-order chi connectivity index (χ0) is 31.0. The van der Waals surface area contributed by atoms with Crippen LogP contribution in [0, 0.1) is 23.6 Å². The number of aromatic nitrogens is 1. The number of hydrogen-bond donors (Lipinski definition) is 1. The number of fused-ring (bicyclic) bond motifs is 1. The number of rotatable bonds is 10. The average molecular weight is 601 g/mol. The number of amides is 1. The summed E-state index contributed by atoms with van der Waals surface area (Å²) in [7, 11) is 1.51. The fraction of sp³-hybridized carbons (Fsp3) is 0.457. The molecule has 1 aliphatic carbocycles. The van der Waals surface area contributed by atoms with Gasteiger partial charge in [-0.25, -0.2) is 9.37 Å². The summed E-state index contributed by atoms with van der Waals surface area (Å²) in [5, 5.41) is 11.8. The molecule has 1 saturated carbocycles. The molecule has 1 aromatic heterocycles. The predicted molar refractivity (Wildman–Crippen MR) is 161 cm³/mol. The van der Waals surface area contributed by atoms with Crippen LogP contribution in [0.5, 0.6) is 11.6 Å². The monoisotopic (exact) mass is 600 g/mol. The van der Waals surface area contributed by atoms with Gasteiger partial charge in [0.25, 0.3) is 0 Å². The van der Waals surface area contributed by atoms with Gasteiger partial charge in [-0.15, -0.1) is 0 Å². The molecule has 1 unspecified atom stereocenters. The third-order valence-corrected chi connectivity index (χ3v) is 9.68. The van der Waals surface area contributed by atoms with Gasteiger partial charge in [0.2, 0.25) is 11.8 Å². The van der Waals surface area contributed by atoms with E-state index in [1.165, 1.54) is 13.3 Å². The minimum absolute atomic E-state index is 0.0916. The Morgan fingerprint density at radius 3 is 2.55 bits per heavy atom. The summed E-state index contributed by atoms with van der Waals surface area (Å²) >= 11 is 0. The number of aryl methyl sites for hydroxylation is 1. The second kappa shape index (κ2) is 12.6. The fourth-order valence-corrected chi connectivity index (χ4v) is 6.96. The van der Waals surface area contributed by atoms with E-state index in [1.807, 2.05) is 18.2 Å². The minimum atomic E-state index is -1.02. The van der Waals surface area contributed by atoms with E-state index in [1.54, 1.807) is 13.0 Å². The SMILES string of the molecule is COc1cc(-c2ccc(C3CCc4ccc([C@H](C5CC5)[C@H](C)C(=O)[O-])cc4O3)cc2CN2CCC(C(N)=O)CC2)c(F)cn1. The number of carbonyl (C=O) groups excluding carboxylic acids is 2. The normalized spacial score (nSPS) is 20.3. The summed E-state index contributed by atoms with van der Waals surface area (Å²) < 4.78 is 27.0. The summed E-state index contributed by atoms with van der Waals surface area (Å²) in [6.45, 7) is 3.77. The molecule has 0 radical (unpaired) electrons. The van der Waals surface area contributed by atoms with Crippen molar-refractivity contribution in [3.63, 3.8) is 0 Å². The Morgan fingerprint density at radius 2 is 1.86 bits per heavy atom. The number of primary amides is 1. The zero-order valence-electron chi connectivity index (χ0n) is 25.3. The van der Waals surface area contributed by atoms with Gasteiger partial charge in [0.1, 0.15) is 17.7 Å². The summed E-state index contributed by atoms with van der Waals surface area (Å²) in [6, 6.07) is 13.8. The molecule has 3 aliphatic rings. The first-order valence-corrected chi connectivity index (χ1v) is 15.6. The number of benzene rings is 2. The number of aliphatic carboxylic acids is 1. The van der Waals surface area contributed by atoms with Gasteiger partial charge < -0.3 is 25.1 Å². The molecule has 3 heterocycles. The maximum atomic E-state index is 15.1. The van der Waals surface area contributed by atoms with Crippen molar-refractivity contribution >= 4 is 11.9 Å². The summed E-state index contributed by atoms with van der Waals surface area (Å²) in [5.41, 5.74) is 10.8. The highest BCUT2D eigenvalue weighted by Crippen LogP contribution is 2.48. The number of carbonyl (C=O) groups is 2. The van der Waals surface area contributed by atoms with Gasteiger partial charge in [-0.3, -0.25) is 9.69 Å². The van der Waals surface area contributed by atoms with E-state index < -0.39 is 17.7 Å². The number of carboxylic acids is 1. The van der Waals surface area contributed by atoms with Gasteiger partial charge in [-0.2, -0.15) is 0 Å². The van der Waals surface area contributed by atoms with Crippen LogP contribution in [0.1, 0.15) is 73.3 Å². The van der Waals surface area contributed by atoms with Gasteiger partial charge in [-0.1, -0.05) is 37.3 Å². The Bertz CT molecular complexity index is 1550. The van der Waals surface area contributed by atoms with Crippen LogP contribution in [0.3, 0.4) is 0 Å². The molecule has 9 heteroatoms. The van der Waals surface area contributed by atoms with Crippen LogP contribution in [0.25, 0.3) is 11.1 Å². The van der Waals surface area contributed by atoms with Gasteiger partial charge in [0, 0.05) is 36.0 Å². The minimum Gasteiger partial charge on any atom is -0.550 e. The van der Waals surface area contributed by atoms with Crippen LogP contribution < -0.4 is 20.3 Å². The van der Waals surface area contributed by atoms with E-state index in [-0.39, 0.29) is 23.8 Å². The summed E-state index contributed by atoms with van der Waals surface area (Å²) in [6.07, 6.45) is 6.05. The van der Waals surface area contributed by atoms with E-state index in [4.69, 9.17) is 15.2 Å². The largest absolute Gasteiger partial charge is 0.550 e. The lowest BCUT2D eigenvalue weighted by Crippen LogP contribution is -2.38. The number of nitrogens with zero attached hydrogens (tertiary/aromatic N) is 2. The molecule has 0 spiro atoms. The van der Waals surface area contributed by atoms with Crippen molar-refractivity contribution in [1.29, 1.82) is 0 Å². The van der Waals surface area contributed by atoms with Crippen molar-refractivity contribution in [2.24, 2.45) is 23.5 Å². The maximum absolute atomic E-state index is 15.1. The van der Waals surface area contributed by atoms with Gasteiger partial charge in [0.05, 0.1) is 13.3 Å². The smallest absolute Gasteiger partial charge is 0.220 e. The quantitative estimate of drug-likeness (QED) is 0.363. The molecule has 2 aromatic carbocycles. The molecule has 0 bridgehead atoms. The topological polar surface area (TPSA) is 118 Å². The van der Waals surface area contributed by atoms with Crippen molar-refractivity contribution in [2.45, 2.75) is 64.0 Å². The predicted octanol–water partition coefficient (Wildman–Crippen LogP) is 4.54. The number of likely N-dealkylation sites (tertiary alicyclic amines) is 1. The summed E-state index contributed by atoms with van der Waals surface area (Å²) in [4.78, 5) is 29.8.